The fraction of sp³-hybridized carbons (Fsp3) is 0.182. The lowest BCUT2D eigenvalue weighted by atomic mass is 9.99. The monoisotopic (exact) mass is 358 g/mol. The summed E-state index contributed by atoms with van der Waals surface area (Å²) in [6.07, 6.45) is 1.54. The number of amides is 2. The van der Waals surface area contributed by atoms with Gasteiger partial charge < -0.3 is 15.4 Å². The number of aryl methyl sites for hydroxylation is 2. The van der Waals surface area contributed by atoms with Crippen LogP contribution in [0.25, 0.3) is 10.8 Å². The van der Waals surface area contributed by atoms with Crippen LogP contribution in [0.3, 0.4) is 0 Å². The highest BCUT2D eigenvalue weighted by Gasteiger charge is 2.24. The van der Waals surface area contributed by atoms with Crippen molar-refractivity contribution in [1.29, 1.82) is 0 Å². The van der Waals surface area contributed by atoms with E-state index in [1.807, 2.05) is 18.2 Å². The van der Waals surface area contributed by atoms with Crippen molar-refractivity contribution in [2.75, 3.05) is 10.6 Å². The summed E-state index contributed by atoms with van der Waals surface area (Å²) in [4.78, 5) is 24.7. The van der Waals surface area contributed by atoms with Gasteiger partial charge in [0.25, 0.3) is 11.8 Å². The number of ether oxygens (including phenoxy) is 1. The second-order valence-corrected chi connectivity index (χ2v) is 7.03. The topological polar surface area (TPSA) is 67.4 Å². The minimum atomic E-state index is -0.522. The van der Waals surface area contributed by atoms with Gasteiger partial charge in [0.2, 0.25) is 0 Å². The molecular formula is C22H18N2O3. The maximum Gasteiger partial charge on any atom is 0.265 e. The molecule has 0 saturated carbocycles. The molecule has 0 spiro atoms. The van der Waals surface area contributed by atoms with Crippen LogP contribution in [-0.4, -0.2) is 17.9 Å². The third-order valence-electron chi connectivity index (χ3n) is 5.29. The van der Waals surface area contributed by atoms with Crippen LogP contribution >= 0.6 is 0 Å². The van der Waals surface area contributed by atoms with Gasteiger partial charge in [-0.05, 0) is 65.9 Å². The van der Waals surface area contributed by atoms with E-state index in [0.717, 1.165) is 18.2 Å². The highest BCUT2D eigenvalue weighted by atomic mass is 16.5. The Kier molecular flexibility index (Phi) is 3.44. The Hall–Kier alpha value is -3.34. The number of hydrogen-bond acceptors (Lipinski definition) is 3. The number of fused-ring (bicyclic) bond motifs is 1. The van der Waals surface area contributed by atoms with Crippen LogP contribution in [0.15, 0.2) is 48.5 Å². The Morgan fingerprint density at radius 3 is 2.78 bits per heavy atom. The first kappa shape index (κ1) is 15.9. The summed E-state index contributed by atoms with van der Waals surface area (Å²) < 4.78 is 5.55. The number of anilines is 2. The third-order valence-corrected chi connectivity index (χ3v) is 5.29. The number of carbonyl (C=O) groups is 2. The predicted octanol–water partition coefficient (Wildman–Crippen LogP) is 3.91. The maximum atomic E-state index is 12.9. The van der Waals surface area contributed by atoms with Crippen LogP contribution in [0, 0.1) is 0 Å². The summed E-state index contributed by atoms with van der Waals surface area (Å²) in [7, 11) is 0. The Labute approximate surface area is 156 Å². The Morgan fingerprint density at radius 2 is 1.93 bits per heavy atom. The molecule has 1 aliphatic carbocycles. The van der Waals surface area contributed by atoms with Gasteiger partial charge >= 0.3 is 0 Å². The molecule has 27 heavy (non-hydrogen) atoms. The first-order valence-corrected chi connectivity index (χ1v) is 9.06. The normalized spacial score (nSPS) is 17.2. The SMILES string of the molecule is C[C@@H]1Oc2ccc(NC(=O)c3ccc4c5c(cccc35)CC4)cc2NC1=O. The standard InChI is InChI=1S/C22H18N2O3/c1-12-21(25)24-18-11-15(8-10-19(18)27-12)23-22(26)17-9-7-14-6-5-13-3-2-4-16(17)20(13)14/h2-4,7-12H,5-6H2,1H3,(H,23,26)(H,24,25)/t12-/m0/s1. The number of benzene rings is 3. The second kappa shape index (κ2) is 5.84. The van der Waals surface area contributed by atoms with Crippen molar-refractivity contribution < 1.29 is 14.3 Å². The molecule has 2 amide bonds. The summed E-state index contributed by atoms with van der Waals surface area (Å²) >= 11 is 0. The van der Waals surface area contributed by atoms with Crippen LogP contribution in [0.4, 0.5) is 11.4 Å². The van der Waals surface area contributed by atoms with Crippen LogP contribution in [0.2, 0.25) is 0 Å². The fourth-order valence-corrected chi connectivity index (χ4v) is 3.93. The minimum Gasteiger partial charge on any atom is -0.479 e. The number of nitrogens with one attached hydrogen (secondary N) is 2. The largest absolute Gasteiger partial charge is 0.479 e. The zero-order valence-corrected chi connectivity index (χ0v) is 14.8. The zero-order chi connectivity index (χ0) is 18.5. The highest BCUT2D eigenvalue weighted by molar-refractivity contribution is 6.14. The number of hydrogen-bond donors (Lipinski definition) is 2. The van der Waals surface area contributed by atoms with E-state index in [4.69, 9.17) is 4.74 Å². The third kappa shape index (κ3) is 2.54. The van der Waals surface area contributed by atoms with Crippen molar-refractivity contribution in [1.82, 2.24) is 0 Å². The predicted molar refractivity (Wildman–Crippen MR) is 104 cm³/mol. The molecule has 0 radical (unpaired) electrons. The summed E-state index contributed by atoms with van der Waals surface area (Å²) in [5, 5.41) is 7.94. The molecule has 5 nitrogen and oxygen atoms in total. The van der Waals surface area contributed by atoms with E-state index < -0.39 is 6.10 Å². The lowest BCUT2D eigenvalue weighted by Crippen LogP contribution is -2.34. The lowest BCUT2D eigenvalue weighted by molar-refractivity contribution is -0.122. The van der Waals surface area contributed by atoms with Gasteiger partial charge in [0, 0.05) is 11.3 Å². The first-order chi connectivity index (χ1) is 13.1. The van der Waals surface area contributed by atoms with Gasteiger partial charge in [0.05, 0.1) is 5.69 Å². The molecule has 2 aliphatic rings. The molecule has 3 aromatic rings. The molecular weight excluding hydrogens is 340 g/mol. The highest BCUT2D eigenvalue weighted by Crippen LogP contribution is 2.34. The quantitative estimate of drug-likeness (QED) is 0.730. The van der Waals surface area contributed by atoms with Crippen molar-refractivity contribution >= 4 is 34.0 Å². The summed E-state index contributed by atoms with van der Waals surface area (Å²) in [6.45, 7) is 1.70. The molecule has 1 aliphatic heterocycles. The first-order valence-electron chi connectivity index (χ1n) is 9.06. The van der Waals surface area contributed by atoms with Gasteiger partial charge in [0.15, 0.2) is 6.10 Å². The smallest absolute Gasteiger partial charge is 0.265 e. The summed E-state index contributed by atoms with van der Waals surface area (Å²) in [5.41, 5.74) is 4.45. The molecule has 0 unspecified atom stereocenters. The van der Waals surface area contributed by atoms with Crippen LogP contribution in [0.1, 0.15) is 28.4 Å². The van der Waals surface area contributed by atoms with Gasteiger partial charge in [-0.15, -0.1) is 0 Å². The van der Waals surface area contributed by atoms with Crippen molar-refractivity contribution in [2.45, 2.75) is 25.9 Å². The van der Waals surface area contributed by atoms with Gasteiger partial charge in [-0.1, -0.05) is 24.3 Å². The Bertz CT molecular complexity index is 1110. The molecule has 5 heteroatoms. The molecule has 1 atom stereocenters. The van der Waals surface area contributed by atoms with E-state index >= 15 is 0 Å². The van der Waals surface area contributed by atoms with E-state index in [2.05, 4.69) is 22.8 Å². The van der Waals surface area contributed by atoms with Crippen molar-refractivity contribution in [3.05, 3.63) is 65.2 Å². The average molecular weight is 358 g/mol. The molecule has 0 bridgehead atoms. The van der Waals surface area contributed by atoms with Gasteiger partial charge in [-0.3, -0.25) is 9.59 Å². The van der Waals surface area contributed by atoms with E-state index in [0.29, 0.717) is 22.7 Å². The van der Waals surface area contributed by atoms with Gasteiger partial charge in [-0.25, -0.2) is 0 Å². The fourth-order valence-electron chi connectivity index (χ4n) is 3.93. The summed E-state index contributed by atoms with van der Waals surface area (Å²) in [5.74, 6) is 0.242. The Balaban J connectivity index is 1.48. The molecule has 0 fully saturated rings. The molecule has 5 rings (SSSR count). The van der Waals surface area contributed by atoms with Crippen LogP contribution < -0.4 is 15.4 Å². The summed E-state index contributed by atoms with van der Waals surface area (Å²) in [6, 6.07) is 15.4. The van der Waals surface area contributed by atoms with E-state index in [9.17, 15) is 9.59 Å². The van der Waals surface area contributed by atoms with Crippen molar-refractivity contribution in [2.24, 2.45) is 0 Å². The maximum absolute atomic E-state index is 12.9. The van der Waals surface area contributed by atoms with Crippen molar-refractivity contribution in [3.8, 4) is 5.75 Å². The van der Waals surface area contributed by atoms with Crippen molar-refractivity contribution in [3.63, 3.8) is 0 Å². The molecule has 134 valence electrons. The number of carbonyl (C=O) groups excluding carboxylic acids is 2. The van der Waals surface area contributed by atoms with E-state index in [1.54, 1.807) is 25.1 Å². The molecule has 3 aromatic carbocycles. The van der Waals surface area contributed by atoms with Crippen LogP contribution in [0.5, 0.6) is 5.75 Å². The minimum absolute atomic E-state index is 0.165. The molecule has 0 saturated heterocycles. The van der Waals surface area contributed by atoms with Gasteiger partial charge in [-0.2, -0.15) is 0 Å². The number of rotatable bonds is 2. The molecule has 0 aromatic heterocycles. The second-order valence-electron chi connectivity index (χ2n) is 7.03. The van der Waals surface area contributed by atoms with Gasteiger partial charge in [0.1, 0.15) is 5.75 Å². The molecule has 1 heterocycles. The molecule has 2 N–H and O–H groups in total. The van der Waals surface area contributed by atoms with E-state index in [-0.39, 0.29) is 11.8 Å². The zero-order valence-electron chi connectivity index (χ0n) is 14.8. The lowest BCUT2D eigenvalue weighted by Gasteiger charge is -2.23. The average Bonchev–Trinajstić information content (AvgIpc) is 3.08. The van der Waals surface area contributed by atoms with E-state index in [1.165, 1.54) is 16.5 Å². The Morgan fingerprint density at radius 1 is 1.11 bits per heavy atom. The van der Waals surface area contributed by atoms with Crippen LogP contribution in [-0.2, 0) is 17.6 Å².